The molecule has 1 fully saturated rings. The molecule has 1 saturated heterocycles. The first kappa shape index (κ1) is 16.9. The van der Waals surface area contributed by atoms with Gasteiger partial charge < -0.3 is 9.15 Å². The lowest BCUT2D eigenvalue weighted by Gasteiger charge is -2.10. The maximum absolute atomic E-state index is 11.9. The third kappa shape index (κ3) is 3.27. The SMILES string of the molecule is COCc1ccc(-c2nc(-c3ccccn3)nn2[C@H]2CCS(=O)(=O)C2)o1. The molecule has 0 N–H and O–H groups in total. The van der Waals surface area contributed by atoms with Gasteiger partial charge >= 0.3 is 0 Å². The third-order valence-corrected chi connectivity index (χ3v) is 6.00. The van der Waals surface area contributed by atoms with E-state index in [0.29, 0.717) is 41.9 Å². The zero-order valence-electron chi connectivity index (χ0n) is 14.2. The number of methoxy groups -OCH3 is 1. The number of nitrogens with zero attached hydrogens (tertiary/aromatic N) is 4. The summed E-state index contributed by atoms with van der Waals surface area (Å²) in [5.41, 5.74) is 0.622. The summed E-state index contributed by atoms with van der Waals surface area (Å²) in [6.45, 7) is 0.346. The highest BCUT2D eigenvalue weighted by atomic mass is 32.2. The molecule has 1 aliphatic heterocycles. The van der Waals surface area contributed by atoms with Gasteiger partial charge in [0, 0.05) is 13.3 Å². The molecule has 8 nitrogen and oxygen atoms in total. The smallest absolute Gasteiger partial charge is 0.200 e. The number of hydrogen-bond acceptors (Lipinski definition) is 7. The number of ether oxygens (including phenoxy) is 1. The molecule has 26 heavy (non-hydrogen) atoms. The van der Waals surface area contributed by atoms with Gasteiger partial charge in [0.1, 0.15) is 18.1 Å². The summed E-state index contributed by atoms with van der Waals surface area (Å²) >= 11 is 0. The monoisotopic (exact) mass is 374 g/mol. The Hall–Kier alpha value is -2.52. The first-order valence-electron chi connectivity index (χ1n) is 8.22. The van der Waals surface area contributed by atoms with Gasteiger partial charge in [0.05, 0.1) is 17.5 Å². The summed E-state index contributed by atoms with van der Waals surface area (Å²) in [6, 6.07) is 8.81. The molecule has 0 saturated carbocycles. The molecular formula is C17H18N4O4S. The van der Waals surface area contributed by atoms with Crippen LogP contribution in [0.1, 0.15) is 18.2 Å². The van der Waals surface area contributed by atoms with Crippen molar-refractivity contribution >= 4 is 9.84 Å². The molecule has 0 amide bonds. The lowest BCUT2D eigenvalue weighted by Crippen LogP contribution is -2.13. The van der Waals surface area contributed by atoms with Crippen LogP contribution in [-0.2, 0) is 21.2 Å². The van der Waals surface area contributed by atoms with E-state index in [0.717, 1.165) is 0 Å². The summed E-state index contributed by atoms with van der Waals surface area (Å²) < 4.78 is 36.4. The van der Waals surface area contributed by atoms with E-state index in [-0.39, 0.29) is 17.5 Å². The molecule has 0 unspecified atom stereocenters. The minimum Gasteiger partial charge on any atom is -0.455 e. The molecule has 0 aliphatic carbocycles. The van der Waals surface area contributed by atoms with E-state index in [1.54, 1.807) is 24.1 Å². The number of rotatable bonds is 5. The van der Waals surface area contributed by atoms with E-state index in [1.807, 2.05) is 24.3 Å². The van der Waals surface area contributed by atoms with Crippen LogP contribution in [0.2, 0.25) is 0 Å². The van der Waals surface area contributed by atoms with E-state index in [9.17, 15) is 8.42 Å². The number of furan rings is 1. The highest BCUT2D eigenvalue weighted by Crippen LogP contribution is 2.31. The fraction of sp³-hybridized carbons (Fsp3) is 0.353. The molecule has 3 aromatic heterocycles. The summed E-state index contributed by atoms with van der Waals surface area (Å²) in [5.74, 6) is 2.33. The molecular weight excluding hydrogens is 356 g/mol. The average molecular weight is 374 g/mol. The van der Waals surface area contributed by atoms with Crippen LogP contribution in [0, 0.1) is 0 Å². The molecule has 0 spiro atoms. The van der Waals surface area contributed by atoms with Crippen LogP contribution < -0.4 is 0 Å². The van der Waals surface area contributed by atoms with Gasteiger partial charge in [-0.25, -0.2) is 18.1 Å². The Morgan fingerprint density at radius 1 is 1.31 bits per heavy atom. The lowest BCUT2D eigenvalue weighted by molar-refractivity contribution is 0.165. The number of aromatic nitrogens is 4. The number of pyridine rings is 1. The second-order valence-electron chi connectivity index (χ2n) is 6.17. The highest BCUT2D eigenvalue weighted by molar-refractivity contribution is 7.91. The Morgan fingerprint density at radius 2 is 2.19 bits per heavy atom. The van der Waals surface area contributed by atoms with Crippen LogP contribution in [-0.4, -0.2) is 46.8 Å². The second kappa shape index (κ2) is 6.65. The molecule has 136 valence electrons. The van der Waals surface area contributed by atoms with E-state index in [2.05, 4.69) is 15.1 Å². The van der Waals surface area contributed by atoms with Crippen molar-refractivity contribution in [2.45, 2.75) is 19.1 Å². The van der Waals surface area contributed by atoms with Gasteiger partial charge in [0.2, 0.25) is 0 Å². The predicted molar refractivity (Wildman–Crippen MR) is 94.0 cm³/mol. The zero-order chi connectivity index (χ0) is 18.1. The first-order valence-corrected chi connectivity index (χ1v) is 10.0. The summed E-state index contributed by atoms with van der Waals surface area (Å²) in [7, 11) is -1.47. The predicted octanol–water partition coefficient (Wildman–Crippen LogP) is 2.11. The Balaban J connectivity index is 1.78. The number of sulfone groups is 1. The van der Waals surface area contributed by atoms with Crippen LogP contribution in [0.3, 0.4) is 0 Å². The standard InChI is InChI=1S/C17H18N4O4S/c1-24-10-13-5-6-15(25-13)17-19-16(14-4-2-3-8-18-14)20-21(17)12-7-9-26(22,23)11-12/h2-6,8,12H,7,9-11H2,1H3/t12-/m0/s1. The second-order valence-corrected chi connectivity index (χ2v) is 8.40. The summed E-state index contributed by atoms with van der Waals surface area (Å²) in [5, 5.41) is 4.55. The molecule has 1 atom stereocenters. The Bertz CT molecular complexity index is 1010. The van der Waals surface area contributed by atoms with Crippen molar-refractivity contribution < 1.29 is 17.6 Å². The van der Waals surface area contributed by atoms with Crippen molar-refractivity contribution in [1.29, 1.82) is 0 Å². The van der Waals surface area contributed by atoms with Gasteiger partial charge in [-0.2, -0.15) is 0 Å². The van der Waals surface area contributed by atoms with E-state index < -0.39 is 9.84 Å². The fourth-order valence-corrected chi connectivity index (χ4v) is 4.73. The van der Waals surface area contributed by atoms with Gasteiger partial charge in [0.25, 0.3) is 0 Å². The topological polar surface area (TPSA) is 100 Å². The molecule has 4 heterocycles. The molecule has 0 bridgehead atoms. The molecule has 0 radical (unpaired) electrons. The Labute approximate surface area is 150 Å². The summed E-state index contributed by atoms with van der Waals surface area (Å²) in [6.07, 6.45) is 2.17. The van der Waals surface area contributed by atoms with Crippen molar-refractivity contribution in [3.05, 3.63) is 42.3 Å². The van der Waals surface area contributed by atoms with E-state index >= 15 is 0 Å². The Morgan fingerprint density at radius 3 is 2.88 bits per heavy atom. The van der Waals surface area contributed by atoms with Crippen molar-refractivity contribution in [1.82, 2.24) is 19.7 Å². The van der Waals surface area contributed by atoms with Gasteiger partial charge in [0.15, 0.2) is 27.2 Å². The maximum Gasteiger partial charge on any atom is 0.200 e. The molecule has 0 aromatic carbocycles. The molecule has 3 aromatic rings. The van der Waals surface area contributed by atoms with Crippen LogP contribution in [0.25, 0.3) is 23.1 Å². The maximum atomic E-state index is 11.9. The van der Waals surface area contributed by atoms with Crippen LogP contribution in [0.5, 0.6) is 0 Å². The van der Waals surface area contributed by atoms with Crippen LogP contribution in [0.15, 0.2) is 40.9 Å². The Kier molecular flexibility index (Phi) is 4.33. The normalized spacial score (nSPS) is 19.0. The van der Waals surface area contributed by atoms with Crippen LogP contribution >= 0.6 is 0 Å². The third-order valence-electron chi connectivity index (χ3n) is 4.25. The average Bonchev–Trinajstić information content (AvgIpc) is 3.33. The first-order chi connectivity index (χ1) is 12.6. The van der Waals surface area contributed by atoms with Crippen molar-refractivity contribution in [2.24, 2.45) is 0 Å². The van der Waals surface area contributed by atoms with Gasteiger partial charge in [-0.05, 0) is 30.7 Å². The highest BCUT2D eigenvalue weighted by Gasteiger charge is 2.33. The van der Waals surface area contributed by atoms with Crippen molar-refractivity contribution in [3.8, 4) is 23.1 Å². The van der Waals surface area contributed by atoms with Crippen LogP contribution in [0.4, 0.5) is 0 Å². The lowest BCUT2D eigenvalue weighted by atomic mass is 10.2. The fourth-order valence-electron chi connectivity index (χ4n) is 3.04. The molecule has 1 aliphatic rings. The minimum absolute atomic E-state index is 0.0522. The largest absolute Gasteiger partial charge is 0.455 e. The van der Waals surface area contributed by atoms with E-state index in [4.69, 9.17) is 9.15 Å². The van der Waals surface area contributed by atoms with Crippen molar-refractivity contribution in [2.75, 3.05) is 18.6 Å². The zero-order valence-corrected chi connectivity index (χ0v) is 15.0. The molecule has 9 heteroatoms. The number of hydrogen-bond donors (Lipinski definition) is 0. The minimum atomic E-state index is -3.06. The van der Waals surface area contributed by atoms with Gasteiger partial charge in [-0.3, -0.25) is 4.98 Å². The quantitative estimate of drug-likeness (QED) is 0.674. The summed E-state index contributed by atoms with van der Waals surface area (Å²) in [4.78, 5) is 8.86. The van der Waals surface area contributed by atoms with Gasteiger partial charge in [-0.15, -0.1) is 5.10 Å². The van der Waals surface area contributed by atoms with Gasteiger partial charge in [-0.1, -0.05) is 6.07 Å². The van der Waals surface area contributed by atoms with E-state index in [1.165, 1.54) is 0 Å². The van der Waals surface area contributed by atoms with Crippen molar-refractivity contribution in [3.63, 3.8) is 0 Å². The molecule has 4 rings (SSSR count).